The molecule has 0 aliphatic carbocycles. The standard InChI is InChI=1S/C22H24Cl2N2O4/c1-5-30-19(27)12-14-6-8-15(9-7-14)20(28)25-26(22(2,3)4)21(29)16-10-11-17(23)18(24)13-16/h6-11,13H,5,12H2,1-4H3,(H,25,28). The number of halogens is 2. The fourth-order valence-corrected chi connectivity index (χ4v) is 2.90. The Kier molecular flexibility index (Phi) is 7.87. The van der Waals surface area contributed by atoms with E-state index in [1.165, 1.54) is 17.1 Å². The van der Waals surface area contributed by atoms with Crippen LogP contribution in [0.1, 0.15) is 54.0 Å². The molecular formula is C22H24Cl2N2O4. The van der Waals surface area contributed by atoms with Crippen molar-refractivity contribution in [3.8, 4) is 0 Å². The highest BCUT2D eigenvalue weighted by Crippen LogP contribution is 2.24. The minimum atomic E-state index is -0.706. The van der Waals surface area contributed by atoms with E-state index in [2.05, 4.69) is 5.43 Å². The largest absolute Gasteiger partial charge is 0.466 e. The molecule has 8 heteroatoms. The lowest BCUT2D eigenvalue weighted by Gasteiger charge is -2.35. The number of benzene rings is 2. The van der Waals surface area contributed by atoms with E-state index in [1.807, 2.05) is 0 Å². The van der Waals surface area contributed by atoms with Crippen molar-refractivity contribution >= 4 is 41.0 Å². The fraction of sp³-hybridized carbons (Fsp3) is 0.318. The van der Waals surface area contributed by atoms with Crippen molar-refractivity contribution in [3.63, 3.8) is 0 Å². The van der Waals surface area contributed by atoms with E-state index in [0.29, 0.717) is 22.8 Å². The highest BCUT2D eigenvalue weighted by atomic mass is 35.5. The third-order valence-corrected chi connectivity index (χ3v) is 4.86. The van der Waals surface area contributed by atoms with E-state index in [4.69, 9.17) is 27.9 Å². The smallest absolute Gasteiger partial charge is 0.310 e. The van der Waals surface area contributed by atoms with Crippen LogP contribution in [0.4, 0.5) is 0 Å². The minimum absolute atomic E-state index is 0.125. The summed E-state index contributed by atoms with van der Waals surface area (Å²) >= 11 is 12.0. The molecule has 0 spiro atoms. The van der Waals surface area contributed by atoms with Crippen LogP contribution >= 0.6 is 23.2 Å². The van der Waals surface area contributed by atoms with Gasteiger partial charge in [-0.1, -0.05) is 35.3 Å². The first-order chi connectivity index (χ1) is 14.0. The molecule has 0 aliphatic rings. The zero-order valence-electron chi connectivity index (χ0n) is 17.3. The quantitative estimate of drug-likeness (QED) is 0.529. The Morgan fingerprint density at radius 2 is 1.57 bits per heavy atom. The highest BCUT2D eigenvalue weighted by Gasteiger charge is 2.30. The second-order valence-corrected chi connectivity index (χ2v) is 8.37. The zero-order valence-corrected chi connectivity index (χ0v) is 18.8. The van der Waals surface area contributed by atoms with Crippen LogP contribution in [-0.4, -0.2) is 34.9 Å². The molecule has 2 aromatic rings. The van der Waals surface area contributed by atoms with Gasteiger partial charge in [-0.15, -0.1) is 0 Å². The van der Waals surface area contributed by atoms with Gasteiger partial charge in [0.15, 0.2) is 0 Å². The molecule has 0 heterocycles. The lowest BCUT2D eigenvalue weighted by Crippen LogP contribution is -2.55. The Balaban J connectivity index is 2.18. The van der Waals surface area contributed by atoms with Gasteiger partial charge in [-0.3, -0.25) is 19.8 Å². The molecule has 0 atom stereocenters. The van der Waals surface area contributed by atoms with Gasteiger partial charge in [0.25, 0.3) is 11.8 Å². The molecule has 0 saturated heterocycles. The Hall–Kier alpha value is -2.57. The van der Waals surface area contributed by atoms with E-state index in [0.717, 1.165) is 5.56 Å². The Morgan fingerprint density at radius 3 is 2.10 bits per heavy atom. The minimum Gasteiger partial charge on any atom is -0.466 e. The number of nitrogens with zero attached hydrogens (tertiary/aromatic N) is 1. The highest BCUT2D eigenvalue weighted by molar-refractivity contribution is 6.42. The van der Waals surface area contributed by atoms with E-state index in [9.17, 15) is 14.4 Å². The molecular weight excluding hydrogens is 427 g/mol. The average Bonchev–Trinajstić information content (AvgIpc) is 2.67. The number of esters is 1. The molecule has 1 N–H and O–H groups in total. The van der Waals surface area contributed by atoms with E-state index < -0.39 is 17.4 Å². The van der Waals surface area contributed by atoms with Crippen LogP contribution < -0.4 is 5.43 Å². The molecule has 30 heavy (non-hydrogen) atoms. The van der Waals surface area contributed by atoms with Crippen LogP contribution in [-0.2, 0) is 16.0 Å². The maximum Gasteiger partial charge on any atom is 0.310 e. The summed E-state index contributed by atoms with van der Waals surface area (Å²) in [6, 6.07) is 11.1. The van der Waals surface area contributed by atoms with Crippen LogP contribution in [0.5, 0.6) is 0 Å². The van der Waals surface area contributed by atoms with Gasteiger partial charge in [0.2, 0.25) is 0 Å². The van der Waals surface area contributed by atoms with Crippen LogP contribution in [0.2, 0.25) is 10.0 Å². The van der Waals surface area contributed by atoms with E-state index in [1.54, 1.807) is 58.0 Å². The maximum absolute atomic E-state index is 13.0. The molecule has 2 aromatic carbocycles. The molecule has 6 nitrogen and oxygen atoms in total. The molecule has 2 amide bonds. The van der Waals surface area contributed by atoms with Gasteiger partial charge in [0.1, 0.15) is 0 Å². The molecule has 2 rings (SSSR count). The molecule has 0 unspecified atom stereocenters. The summed E-state index contributed by atoms with van der Waals surface area (Å²) in [4.78, 5) is 37.3. The molecule has 0 radical (unpaired) electrons. The van der Waals surface area contributed by atoms with Crippen molar-refractivity contribution in [2.45, 2.75) is 39.7 Å². The summed E-state index contributed by atoms with van der Waals surface area (Å²) in [6.07, 6.45) is 0.125. The van der Waals surface area contributed by atoms with Gasteiger partial charge < -0.3 is 4.74 Å². The number of carbonyl (C=O) groups excluding carboxylic acids is 3. The number of hydrazine groups is 1. The van der Waals surface area contributed by atoms with Crippen molar-refractivity contribution in [2.75, 3.05) is 6.61 Å². The van der Waals surface area contributed by atoms with Crippen molar-refractivity contribution in [3.05, 3.63) is 69.2 Å². The van der Waals surface area contributed by atoms with Crippen molar-refractivity contribution in [1.82, 2.24) is 10.4 Å². The van der Waals surface area contributed by atoms with Crippen LogP contribution in [0, 0.1) is 0 Å². The van der Waals surface area contributed by atoms with Gasteiger partial charge >= 0.3 is 5.97 Å². The van der Waals surface area contributed by atoms with E-state index in [-0.39, 0.29) is 17.4 Å². The lowest BCUT2D eigenvalue weighted by atomic mass is 10.1. The van der Waals surface area contributed by atoms with Gasteiger partial charge in [-0.25, -0.2) is 5.01 Å². The predicted octanol–water partition coefficient (Wildman–Crippen LogP) is 4.68. The molecule has 0 bridgehead atoms. The summed E-state index contributed by atoms with van der Waals surface area (Å²) < 4.78 is 4.92. The predicted molar refractivity (Wildman–Crippen MR) is 117 cm³/mol. The topological polar surface area (TPSA) is 75.7 Å². The molecule has 0 aromatic heterocycles. The van der Waals surface area contributed by atoms with Gasteiger partial charge in [-0.2, -0.15) is 0 Å². The number of carbonyl (C=O) groups is 3. The molecule has 0 fully saturated rings. The Bertz CT molecular complexity index is 937. The number of rotatable bonds is 5. The third kappa shape index (κ3) is 6.21. The number of amides is 2. The molecule has 0 saturated carbocycles. The first kappa shape index (κ1) is 23.7. The van der Waals surface area contributed by atoms with Gasteiger partial charge in [0, 0.05) is 11.1 Å². The SMILES string of the molecule is CCOC(=O)Cc1ccc(C(=O)NN(C(=O)c2ccc(Cl)c(Cl)c2)C(C)(C)C)cc1. The average molecular weight is 451 g/mol. The second kappa shape index (κ2) is 9.96. The van der Waals surface area contributed by atoms with Gasteiger partial charge in [-0.05, 0) is 63.6 Å². The summed E-state index contributed by atoms with van der Waals surface area (Å²) in [5, 5.41) is 1.84. The Morgan fingerprint density at radius 1 is 0.967 bits per heavy atom. The van der Waals surface area contributed by atoms with Crippen molar-refractivity contribution in [1.29, 1.82) is 0 Å². The fourth-order valence-electron chi connectivity index (χ4n) is 2.60. The molecule has 0 aliphatic heterocycles. The zero-order chi connectivity index (χ0) is 22.5. The first-order valence-corrected chi connectivity index (χ1v) is 10.1. The summed E-state index contributed by atoms with van der Waals surface area (Å²) in [5.41, 5.74) is 3.33. The second-order valence-electron chi connectivity index (χ2n) is 7.56. The number of ether oxygens (including phenoxy) is 1. The van der Waals surface area contributed by atoms with Crippen molar-refractivity contribution in [2.24, 2.45) is 0 Å². The van der Waals surface area contributed by atoms with Crippen LogP contribution in [0.3, 0.4) is 0 Å². The maximum atomic E-state index is 13.0. The monoisotopic (exact) mass is 450 g/mol. The summed E-state index contributed by atoms with van der Waals surface area (Å²) in [6.45, 7) is 7.45. The summed E-state index contributed by atoms with van der Waals surface area (Å²) in [5.74, 6) is -1.21. The van der Waals surface area contributed by atoms with Crippen LogP contribution in [0.25, 0.3) is 0 Å². The third-order valence-electron chi connectivity index (χ3n) is 4.12. The number of hydrogen-bond acceptors (Lipinski definition) is 4. The molecule has 160 valence electrons. The normalized spacial score (nSPS) is 11.0. The van der Waals surface area contributed by atoms with Crippen LogP contribution in [0.15, 0.2) is 42.5 Å². The van der Waals surface area contributed by atoms with Crippen molar-refractivity contribution < 1.29 is 19.1 Å². The van der Waals surface area contributed by atoms with E-state index >= 15 is 0 Å². The Labute approximate surface area is 186 Å². The first-order valence-electron chi connectivity index (χ1n) is 9.38. The summed E-state index contributed by atoms with van der Waals surface area (Å²) in [7, 11) is 0. The lowest BCUT2D eigenvalue weighted by molar-refractivity contribution is -0.142. The number of nitrogens with one attached hydrogen (secondary N) is 1. The number of hydrogen-bond donors (Lipinski definition) is 1. The van der Waals surface area contributed by atoms with Gasteiger partial charge in [0.05, 0.1) is 28.6 Å².